The molecule has 0 saturated carbocycles. The summed E-state index contributed by atoms with van der Waals surface area (Å²) in [5.74, 6) is 0. The zero-order valence-corrected chi connectivity index (χ0v) is 42.4. The molecule has 4 aromatic rings. The molecule has 0 aliphatic rings. The maximum Gasteiger partial charge on any atom is 4.00 e. The quantitative estimate of drug-likeness (QED) is 0.119. The van der Waals surface area contributed by atoms with Crippen LogP contribution >= 0.6 is 0 Å². The van der Waals surface area contributed by atoms with E-state index >= 15 is 0 Å². The molecule has 4 aromatic carbocycles. The van der Waals surface area contributed by atoms with Gasteiger partial charge < -0.3 is 12.0 Å². The summed E-state index contributed by atoms with van der Waals surface area (Å²) in [6.45, 7) is 42.2. The number of rotatable bonds is 4. The Morgan fingerprint density at radius 3 is 1.38 bits per heavy atom. The molecule has 0 aliphatic heterocycles. The standard InChI is InChI=1S/2C20H30Si.CHNO.2Hf.O.H/c2*1-13-14(2)16(4)19(15(13)3)21(8,9)18-11-10-17(12-18)20(5,6)7;2-1-3;;;;/h2*10-12H,1-9H3;3H;;;;/q2*-2;;2*+4;-2;-1/p-1. The molecule has 0 saturated heterocycles. The van der Waals surface area contributed by atoms with Crippen molar-refractivity contribution in [2.45, 2.75) is 134 Å². The Balaban J connectivity index is -0.000000743. The molecule has 0 spiro atoms. The van der Waals surface area contributed by atoms with Gasteiger partial charge in [0.15, 0.2) is 0 Å². The van der Waals surface area contributed by atoms with Crippen LogP contribution in [-0.4, -0.2) is 16.1 Å². The van der Waals surface area contributed by atoms with E-state index in [0.29, 0.717) is 6.26 Å². The second-order valence-electron chi connectivity index (χ2n) is 16.4. The van der Waals surface area contributed by atoms with Gasteiger partial charge in [-0.25, -0.2) is 17.4 Å². The van der Waals surface area contributed by atoms with Gasteiger partial charge in [-0.15, -0.1) is 0 Å². The van der Waals surface area contributed by atoms with E-state index in [1.165, 1.54) is 55.6 Å². The van der Waals surface area contributed by atoms with Gasteiger partial charge in [0, 0.05) is 14.3 Å². The van der Waals surface area contributed by atoms with Crippen molar-refractivity contribution < 1.29 is 63.7 Å². The van der Waals surface area contributed by atoms with Gasteiger partial charge in [0.2, 0.25) is 0 Å². The van der Waals surface area contributed by atoms with Gasteiger partial charge in [0.1, 0.15) is 0 Å². The molecule has 258 valence electrons. The first kappa shape index (κ1) is 48.9. The Labute approximate surface area is 335 Å². The second kappa shape index (κ2) is 17.8. The Hall–Kier alpha value is -1.18. The maximum absolute atomic E-state index is 8.24. The summed E-state index contributed by atoms with van der Waals surface area (Å²) in [6.07, 6.45) is 0.500. The monoisotopic (exact) mass is 1020 g/mol. The normalized spacial score (nSPS) is 11.5. The molecule has 0 unspecified atom stereocenters. The van der Waals surface area contributed by atoms with Crippen molar-refractivity contribution in [3.05, 3.63) is 92.0 Å². The zero-order chi connectivity index (χ0) is 35.0. The maximum atomic E-state index is 8.24. The molecule has 0 aromatic heterocycles. The number of hydrogen-bond acceptors (Lipinski definition) is 2. The molecule has 0 radical (unpaired) electrons. The molecule has 0 N–H and O–H groups in total. The van der Waals surface area contributed by atoms with Crippen molar-refractivity contribution in [2.75, 3.05) is 0 Å². The predicted octanol–water partition coefficient (Wildman–Crippen LogP) is 7.77. The summed E-state index contributed by atoms with van der Waals surface area (Å²) in [4.78, 5) is 0. The summed E-state index contributed by atoms with van der Waals surface area (Å²) in [6, 6.07) is 14.3. The summed E-state index contributed by atoms with van der Waals surface area (Å²) >= 11 is 0. The Morgan fingerprint density at radius 1 is 0.708 bits per heavy atom. The van der Waals surface area contributed by atoms with Gasteiger partial charge in [0.05, 0.1) is 0 Å². The second-order valence-corrected chi connectivity index (χ2v) is 25.0. The van der Waals surface area contributed by atoms with Crippen molar-refractivity contribution >= 4 is 36.9 Å². The largest absolute Gasteiger partial charge is 4.00 e. The van der Waals surface area contributed by atoms with Crippen molar-refractivity contribution in [3.63, 3.8) is 0 Å². The van der Waals surface area contributed by atoms with Crippen LogP contribution in [0.4, 0.5) is 0 Å². The topological polar surface area (TPSA) is 75.3 Å². The van der Waals surface area contributed by atoms with E-state index in [1.54, 1.807) is 20.7 Å². The van der Waals surface area contributed by atoms with E-state index in [-0.39, 0.29) is 69.4 Å². The molecule has 3 nitrogen and oxygen atoms in total. The molecule has 0 bridgehead atoms. The molecule has 48 heavy (non-hydrogen) atoms. The molecule has 7 heteroatoms. The fourth-order valence-electron chi connectivity index (χ4n) is 7.20. The SMILES string of the molecule is Cc1c(C)c(C)[c-]([Si](C)(C)[c-]2ccc(C(C)(C)C)c2)c1C.Cc1c(C)c(C)[c-]([Si](C)(C)c2cc(C(C)(C)C)c[cH-]2)c1C.N#C[O-].[H-].[Hf+4].[Hf+4].[O-2]. The number of nitriles is 1. The summed E-state index contributed by atoms with van der Waals surface area (Å²) in [7, 11) is -3.23. The van der Waals surface area contributed by atoms with Crippen molar-refractivity contribution in [1.82, 2.24) is 0 Å². The van der Waals surface area contributed by atoms with E-state index in [0.717, 1.165) is 0 Å². The van der Waals surface area contributed by atoms with E-state index in [2.05, 4.69) is 160 Å². The smallest absolute Gasteiger partial charge is 2.00 e. The van der Waals surface area contributed by atoms with Crippen molar-refractivity contribution in [1.29, 1.82) is 5.26 Å². The molecule has 0 atom stereocenters. The Bertz CT molecular complexity index is 1510. The fraction of sp³-hybridized carbons (Fsp3) is 0.488. The number of nitrogens with zero attached hydrogens (tertiary/aromatic N) is 1. The van der Waals surface area contributed by atoms with E-state index in [9.17, 15) is 0 Å². The molecule has 0 heterocycles. The molecular weight excluding hydrogens is 952 g/mol. The fourth-order valence-corrected chi connectivity index (χ4v) is 14.3. The van der Waals surface area contributed by atoms with Crippen molar-refractivity contribution in [3.8, 4) is 6.26 Å². The molecule has 0 fully saturated rings. The van der Waals surface area contributed by atoms with Crippen LogP contribution in [0, 0.1) is 66.9 Å². The van der Waals surface area contributed by atoms with Crippen molar-refractivity contribution in [2.24, 2.45) is 0 Å². The van der Waals surface area contributed by atoms with Crippen LogP contribution in [0.15, 0.2) is 36.4 Å². The van der Waals surface area contributed by atoms with Gasteiger partial charge in [0.25, 0.3) is 0 Å². The van der Waals surface area contributed by atoms with Crippen LogP contribution in [0.5, 0.6) is 0 Å². The van der Waals surface area contributed by atoms with E-state index in [4.69, 9.17) is 10.4 Å². The zero-order valence-electron chi connectivity index (χ0n) is 34.2. The van der Waals surface area contributed by atoms with Gasteiger partial charge in [-0.2, -0.15) is 101 Å². The van der Waals surface area contributed by atoms with Crippen LogP contribution in [0.2, 0.25) is 26.2 Å². The van der Waals surface area contributed by atoms with E-state index < -0.39 is 16.1 Å². The van der Waals surface area contributed by atoms with Crippen LogP contribution < -0.4 is 25.9 Å². The molecule has 0 aliphatic carbocycles. The summed E-state index contributed by atoms with van der Waals surface area (Å²) in [5, 5.41) is 21.5. The number of hydrogen-bond donors (Lipinski definition) is 0. The van der Waals surface area contributed by atoms with Crippen LogP contribution in [0.3, 0.4) is 0 Å². The van der Waals surface area contributed by atoms with Crippen LogP contribution in [0.25, 0.3) is 0 Å². The average Bonchev–Trinajstić information content (AvgIpc) is 3.68. The minimum Gasteiger partial charge on any atom is -2.00 e. The van der Waals surface area contributed by atoms with Crippen LogP contribution in [-0.2, 0) is 68.0 Å². The first-order valence-electron chi connectivity index (χ1n) is 16.4. The Morgan fingerprint density at radius 2 is 1.06 bits per heavy atom. The third-order valence-electron chi connectivity index (χ3n) is 10.8. The average molecular weight is 1010 g/mol. The first-order chi connectivity index (χ1) is 20.4. The third kappa shape index (κ3) is 9.99. The van der Waals surface area contributed by atoms with Gasteiger partial charge >= 0.3 is 51.7 Å². The summed E-state index contributed by atoms with van der Waals surface area (Å²) in [5.41, 5.74) is 15.5. The van der Waals surface area contributed by atoms with Gasteiger partial charge in [-0.1, -0.05) is 134 Å². The minimum absolute atomic E-state index is 0. The molecular formula is C41H61Hf2NO2Si2. The van der Waals surface area contributed by atoms with Gasteiger partial charge in [-0.05, 0) is 8.07 Å². The van der Waals surface area contributed by atoms with Crippen LogP contribution in [0.1, 0.15) is 98.6 Å². The predicted molar refractivity (Wildman–Crippen MR) is 204 cm³/mol. The van der Waals surface area contributed by atoms with Gasteiger partial charge in [-0.3, -0.25) is 0 Å². The minimum atomic E-state index is -1.61. The van der Waals surface area contributed by atoms with E-state index in [1.807, 2.05) is 0 Å². The third-order valence-corrected chi connectivity index (χ3v) is 18.3. The molecule has 4 rings (SSSR count). The Kier molecular flexibility index (Phi) is 18.2. The summed E-state index contributed by atoms with van der Waals surface area (Å²) < 4.78 is 0. The molecule has 0 amide bonds. The first-order valence-corrected chi connectivity index (χ1v) is 22.4.